The summed E-state index contributed by atoms with van der Waals surface area (Å²) in [4.78, 5) is 30.2. The molecule has 0 aromatic heterocycles. The summed E-state index contributed by atoms with van der Waals surface area (Å²) in [6.07, 6.45) is 3.20. The zero-order valence-corrected chi connectivity index (χ0v) is 27.3. The van der Waals surface area contributed by atoms with Crippen molar-refractivity contribution in [1.82, 2.24) is 19.4 Å². The van der Waals surface area contributed by atoms with Crippen molar-refractivity contribution in [3.63, 3.8) is 0 Å². The van der Waals surface area contributed by atoms with Crippen LogP contribution in [-0.2, 0) is 27.7 Å². The molecule has 4 rings (SSSR count). The molecule has 0 spiro atoms. The van der Waals surface area contributed by atoms with Crippen LogP contribution < -0.4 is 10.0 Å². The minimum atomic E-state index is -4.21. The molecule has 1 amide bonds. The average Bonchev–Trinajstić information content (AvgIpc) is 3.16. The first-order valence-electron chi connectivity index (χ1n) is 15.2. The SMILES string of the molecule is CN(C)CCCN(CCCN(C)C)C(=O)CNS(=O)(=O)c1ccc(NC2c3ccccc3CCc3ccccc32)c([N+](=O)[O-])c1. The zero-order chi connectivity index (χ0) is 32.6. The van der Waals surface area contributed by atoms with Crippen LogP contribution in [-0.4, -0.2) is 94.9 Å². The Morgan fingerprint density at radius 2 is 1.38 bits per heavy atom. The molecule has 1 aliphatic carbocycles. The van der Waals surface area contributed by atoms with Gasteiger partial charge in [-0.05, 0) is 101 Å². The molecule has 0 bridgehead atoms. The Morgan fingerprint density at radius 3 is 1.89 bits per heavy atom. The van der Waals surface area contributed by atoms with Crippen LogP contribution >= 0.6 is 0 Å². The van der Waals surface area contributed by atoms with Gasteiger partial charge in [0.15, 0.2) is 0 Å². The van der Waals surface area contributed by atoms with Gasteiger partial charge in [-0.25, -0.2) is 13.1 Å². The van der Waals surface area contributed by atoms with E-state index in [0.29, 0.717) is 13.1 Å². The molecule has 0 aliphatic heterocycles. The maximum atomic E-state index is 13.3. The molecule has 1 aliphatic rings. The molecule has 0 radical (unpaired) electrons. The highest BCUT2D eigenvalue weighted by atomic mass is 32.2. The topological polar surface area (TPSA) is 128 Å². The van der Waals surface area contributed by atoms with Gasteiger partial charge in [-0.3, -0.25) is 14.9 Å². The second-order valence-electron chi connectivity index (χ2n) is 11.9. The summed E-state index contributed by atoms with van der Waals surface area (Å²) in [5.41, 5.74) is 4.19. The molecule has 0 saturated carbocycles. The number of fused-ring (bicyclic) bond motifs is 2. The van der Waals surface area contributed by atoms with Crippen molar-refractivity contribution >= 4 is 27.3 Å². The third-order valence-corrected chi connectivity index (χ3v) is 9.40. The van der Waals surface area contributed by atoms with E-state index in [1.807, 2.05) is 74.4 Å². The van der Waals surface area contributed by atoms with Gasteiger partial charge in [0.05, 0.1) is 22.4 Å². The fourth-order valence-corrected chi connectivity index (χ4v) is 6.65. The zero-order valence-electron chi connectivity index (χ0n) is 26.5. The van der Waals surface area contributed by atoms with Crippen LogP contribution in [0.4, 0.5) is 11.4 Å². The minimum absolute atomic E-state index is 0.208. The fourth-order valence-electron chi connectivity index (χ4n) is 5.66. The maximum absolute atomic E-state index is 13.3. The Kier molecular flexibility index (Phi) is 11.7. The number of sulfonamides is 1. The number of carbonyl (C=O) groups is 1. The number of nitrogens with one attached hydrogen (secondary N) is 2. The summed E-state index contributed by atoms with van der Waals surface area (Å²) < 4.78 is 28.9. The maximum Gasteiger partial charge on any atom is 0.293 e. The molecule has 45 heavy (non-hydrogen) atoms. The summed E-state index contributed by atoms with van der Waals surface area (Å²) in [7, 11) is 3.62. The third-order valence-electron chi connectivity index (χ3n) is 8.00. The van der Waals surface area contributed by atoms with Gasteiger partial charge < -0.3 is 20.0 Å². The number of carbonyl (C=O) groups excluding carboxylic acids is 1. The van der Waals surface area contributed by atoms with E-state index in [0.717, 1.165) is 67.1 Å². The van der Waals surface area contributed by atoms with Crippen molar-refractivity contribution in [1.29, 1.82) is 0 Å². The van der Waals surface area contributed by atoms with E-state index in [9.17, 15) is 23.3 Å². The van der Waals surface area contributed by atoms with E-state index in [1.54, 1.807) is 4.90 Å². The first-order valence-corrected chi connectivity index (χ1v) is 16.7. The van der Waals surface area contributed by atoms with Gasteiger partial charge in [0.2, 0.25) is 15.9 Å². The van der Waals surface area contributed by atoms with Gasteiger partial charge in [0.1, 0.15) is 5.69 Å². The van der Waals surface area contributed by atoms with Crippen molar-refractivity contribution in [2.45, 2.75) is 36.6 Å². The lowest BCUT2D eigenvalue weighted by Crippen LogP contribution is -2.42. The molecule has 0 heterocycles. The summed E-state index contributed by atoms with van der Waals surface area (Å²) >= 11 is 0. The second kappa shape index (κ2) is 15.4. The number of aryl methyl sites for hydroxylation is 2. The normalized spacial score (nSPS) is 13.3. The van der Waals surface area contributed by atoms with Gasteiger partial charge in [0, 0.05) is 19.2 Å². The highest BCUT2D eigenvalue weighted by Gasteiger charge is 2.28. The summed E-state index contributed by atoms with van der Waals surface area (Å²) in [6, 6.07) is 19.5. The van der Waals surface area contributed by atoms with E-state index in [2.05, 4.69) is 22.2 Å². The van der Waals surface area contributed by atoms with Gasteiger partial charge in [-0.2, -0.15) is 0 Å². The first kappa shape index (κ1) is 34.0. The van der Waals surface area contributed by atoms with Crippen LogP contribution in [0.3, 0.4) is 0 Å². The van der Waals surface area contributed by atoms with Crippen molar-refractivity contribution in [2.24, 2.45) is 0 Å². The molecule has 3 aromatic carbocycles. The van der Waals surface area contributed by atoms with Crippen LogP contribution in [0.15, 0.2) is 71.6 Å². The number of nitro groups is 1. The van der Waals surface area contributed by atoms with Crippen molar-refractivity contribution in [3.8, 4) is 0 Å². The first-order chi connectivity index (χ1) is 21.5. The Hall–Kier alpha value is -3.84. The monoisotopic (exact) mass is 636 g/mol. The minimum Gasteiger partial charge on any atom is -0.369 e. The lowest BCUT2D eigenvalue weighted by Gasteiger charge is -2.24. The number of anilines is 1. The summed E-state index contributed by atoms with van der Waals surface area (Å²) in [6.45, 7) is 2.17. The molecule has 0 unspecified atom stereocenters. The standard InChI is InChI=1S/C33H44N6O5S/c1-36(2)19-9-21-38(22-10-20-37(3)4)32(40)24-34-45(43,44)27-17-18-30(31(23-27)39(41)42)35-33-28-13-7-5-11-25(28)15-16-26-12-6-8-14-29(26)33/h5-8,11-14,17-18,23,33-35H,9-10,15-16,19-22,24H2,1-4H3. The average molecular weight is 637 g/mol. The molecule has 3 aromatic rings. The molecule has 0 atom stereocenters. The number of nitro benzene ring substituents is 1. The lowest BCUT2D eigenvalue weighted by atomic mass is 9.94. The van der Waals surface area contributed by atoms with Crippen LogP contribution in [0.5, 0.6) is 0 Å². The quantitative estimate of drug-likeness (QED) is 0.190. The van der Waals surface area contributed by atoms with E-state index in [-0.39, 0.29) is 28.2 Å². The van der Waals surface area contributed by atoms with Gasteiger partial charge >= 0.3 is 0 Å². The van der Waals surface area contributed by atoms with E-state index < -0.39 is 21.5 Å². The smallest absolute Gasteiger partial charge is 0.293 e. The number of amides is 1. The van der Waals surface area contributed by atoms with E-state index in [4.69, 9.17) is 0 Å². The Morgan fingerprint density at radius 1 is 0.844 bits per heavy atom. The van der Waals surface area contributed by atoms with Crippen molar-refractivity contribution in [2.75, 3.05) is 66.2 Å². The van der Waals surface area contributed by atoms with Crippen molar-refractivity contribution in [3.05, 3.63) is 99.1 Å². The van der Waals surface area contributed by atoms with E-state index in [1.165, 1.54) is 12.1 Å². The lowest BCUT2D eigenvalue weighted by molar-refractivity contribution is -0.384. The Labute approximate surface area is 266 Å². The van der Waals surface area contributed by atoms with Crippen LogP contribution in [0.2, 0.25) is 0 Å². The Balaban J connectivity index is 1.54. The predicted octanol–water partition coefficient (Wildman–Crippen LogP) is 3.91. The molecule has 12 heteroatoms. The van der Waals surface area contributed by atoms with E-state index >= 15 is 0 Å². The van der Waals surface area contributed by atoms with Gasteiger partial charge in [-0.1, -0.05) is 48.5 Å². The largest absolute Gasteiger partial charge is 0.369 e. The second-order valence-corrected chi connectivity index (χ2v) is 13.7. The fraction of sp³-hybridized carbons (Fsp3) is 0.424. The molecule has 0 saturated heterocycles. The van der Waals surface area contributed by atoms with Crippen LogP contribution in [0.25, 0.3) is 0 Å². The van der Waals surface area contributed by atoms with Crippen LogP contribution in [0, 0.1) is 10.1 Å². The molecule has 242 valence electrons. The molecular formula is C33H44N6O5S. The highest BCUT2D eigenvalue weighted by Crippen LogP contribution is 2.38. The predicted molar refractivity (Wildman–Crippen MR) is 177 cm³/mol. The van der Waals surface area contributed by atoms with Gasteiger partial charge in [-0.15, -0.1) is 0 Å². The highest BCUT2D eigenvalue weighted by molar-refractivity contribution is 7.89. The summed E-state index contributed by atoms with van der Waals surface area (Å²) in [5.74, 6) is -0.338. The van der Waals surface area contributed by atoms with Crippen molar-refractivity contribution < 1.29 is 18.1 Å². The number of rotatable bonds is 15. The molecule has 2 N–H and O–H groups in total. The molecule has 0 fully saturated rings. The van der Waals surface area contributed by atoms with Gasteiger partial charge in [0.25, 0.3) is 5.69 Å². The number of hydrogen-bond acceptors (Lipinski definition) is 8. The third kappa shape index (κ3) is 9.10. The molecule has 11 nitrogen and oxygen atoms in total. The number of hydrogen-bond donors (Lipinski definition) is 2. The number of nitrogens with zero attached hydrogens (tertiary/aromatic N) is 4. The van der Waals surface area contributed by atoms with Crippen LogP contribution in [0.1, 0.15) is 41.1 Å². The Bertz CT molecular complexity index is 1530. The number of benzene rings is 3. The summed E-state index contributed by atoms with van der Waals surface area (Å²) in [5, 5.41) is 15.6. The molecular weight excluding hydrogens is 592 g/mol.